The Morgan fingerprint density at radius 3 is 1.94 bits per heavy atom. The molecule has 0 unspecified atom stereocenters. The molecule has 2 heteroatoms. The molecule has 0 saturated carbocycles. The Kier molecular flexibility index (Phi) is 4.56. The van der Waals surface area contributed by atoms with Crippen molar-refractivity contribution in [3.63, 3.8) is 0 Å². The van der Waals surface area contributed by atoms with E-state index in [-0.39, 0.29) is 0 Å². The van der Waals surface area contributed by atoms with Crippen molar-refractivity contribution in [1.29, 1.82) is 0 Å². The Bertz CT molecular complexity index is 488. The van der Waals surface area contributed by atoms with Crippen molar-refractivity contribution in [3.05, 3.63) is 69.7 Å². The Hall–Kier alpha value is -1.12. The van der Waals surface area contributed by atoms with Crippen molar-refractivity contribution < 1.29 is 5.11 Å². The second kappa shape index (κ2) is 6.17. The Morgan fingerprint density at radius 2 is 1.44 bits per heavy atom. The van der Waals surface area contributed by atoms with Gasteiger partial charge in [0, 0.05) is 4.47 Å². The van der Waals surface area contributed by atoms with Crippen molar-refractivity contribution in [2.45, 2.75) is 25.9 Å². The maximum Gasteiger partial charge on any atom is 0.104 e. The Balaban J connectivity index is 2.17. The van der Waals surface area contributed by atoms with Crippen molar-refractivity contribution in [2.75, 3.05) is 0 Å². The minimum atomic E-state index is -0.547. The van der Waals surface area contributed by atoms with Gasteiger partial charge in [-0.15, -0.1) is 0 Å². The molecule has 0 aliphatic carbocycles. The lowest BCUT2D eigenvalue weighted by atomic mass is 9.99. The highest BCUT2D eigenvalue weighted by Crippen LogP contribution is 2.23. The summed E-state index contributed by atoms with van der Waals surface area (Å²) in [7, 11) is 0. The van der Waals surface area contributed by atoms with Crippen LogP contribution in [0.25, 0.3) is 0 Å². The van der Waals surface area contributed by atoms with Crippen LogP contribution >= 0.6 is 15.9 Å². The number of halogens is 1. The largest absolute Gasteiger partial charge is 0.384 e. The molecule has 1 nitrogen and oxygen atoms in total. The van der Waals surface area contributed by atoms with Crippen LogP contribution in [0.5, 0.6) is 0 Å². The van der Waals surface area contributed by atoms with Crippen molar-refractivity contribution in [2.24, 2.45) is 0 Å². The van der Waals surface area contributed by atoms with E-state index in [2.05, 4.69) is 35.0 Å². The first-order valence-corrected chi connectivity index (χ1v) is 7.02. The first-order valence-electron chi connectivity index (χ1n) is 6.23. The van der Waals surface area contributed by atoms with Crippen LogP contribution in [-0.4, -0.2) is 5.11 Å². The number of rotatable bonds is 4. The number of benzene rings is 2. The summed E-state index contributed by atoms with van der Waals surface area (Å²) in [6.07, 6.45) is 1.69. The highest BCUT2D eigenvalue weighted by atomic mass is 79.9. The molecule has 2 aromatic carbocycles. The molecule has 0 radical (unpaired) electrons. The van der Waals surface area contributed by atoms with Crippen LogP contribution in [0.15, 0.2) is 53.0 Å². The van der Waals surface area contributed by atoms with Gasteiger partial charge in [-0.05, 0) is 35.2 Å². The van der Waals surface area contributed by atoms with Gasteiger partial charge in [-0.3, -0.25) is 0 Å². The third-order valence-corrected chi connectivity index (χ3v) is 3.55. The predicted octanol–water partition coefficient (Wildman–Crippen LogP) is 4.48. The minimum Gasteiger partial charge on any atom is -0.384 e. The van der Waals surface area contributed by atoms with Crippen LogP contribution in [0, 0.1) is 0 Å². The third kappa shape index (κ3) is 3.21. The van der Waals surface area contributed by atoms with Gasteiger partial charge in [-0.25, -0.2) is 0 Å². The molecule has 1 atom stereocenters. The maximum atomic E-state index is 10.3. The first-order chi connectivity index (χ1) is 8.70. The second-order valence-electron chi connectivity index (χ2n) is 4.45. The molecule has 2 aromatic rings. The number of hydrogen-bond donors (Lipinski definition) is 1. The number of aliphatic hydroxyl groups is 1. The molecule has 18 heavy (non-hydrogen) atoms. The maximum absolute atomic E-state index is 10.3. The summed E-state index contributed by atoms with van der Waals surface area (Å²) in [4.78, 5) is 0. The average molecular weight is 305 g/mol. The van der Waals surface area contributed by atoms with E-state index in [1.807, 2.05) is 36.4 Å². The van der Waals surface area contributed by atoms with Gasteiger partial charge in [0.25, 0.3) is 0 Å². The zero-order valence-electron chi connectivity index (χ0n) is 10.4. The van der Waals surface area contributed by atoms with E-state index >= 15 is 0 Å². The molecule has 0 aromatic heterocycles. The van der Waals surface area contributed by atoms with E-state index in [0.717, 1.165) is 28.4 Å². The number of aryl methyl sites for hydroxylation is 1. The quantitative estimate of drug-likeness (QED) is 0.883. The zero-order valence-corrected chi connectivity index (χ0v) is 12.0. The molecule has 0 saturated heterocycles. The van der Waals surface area contributed by atoms with E-state index < -0.39 is 6.10 Å². The van der Waals surface area contributed by atoms with Crippen molar-refractivity contribution in [3.8, 4) is 0 Å². The molecule has 0 fully saturated rings. The van der Waals surface area contributed by atoms with Gasteiger partial charge in [0.05, 0.1) is 0 Å². The molecular weight excluding hydrogens is 288 g/mol. The third-order valence-electron chi connectivity index (χ3n) is 3.02. The van der Waals surface area contributed by atoms with Crippen LogP contribution in [0.4, 0.5) is 0 Å². The molecule has 94 valence electrons. The molecule has 1 N–H and O–H groups in total. The fourth-order valence-corrected chi connectivity index (χ4v) is 2.26. The molecule has 0 bridgehead atoms. The standard InChI is InChI=1S/C16H17BrO/c1-2-3-12-4-6-13(7-5-12)16(18)14-8-10-15(17)11-9-14/h4-11,16,18H,2-3H2,1H3/t16-/m1/s1. The summed E-state index contributed by atoms with van der Waals surface area (Å²) in [6.45, 7) is 2.17. The van der Waals surface area contributed by atoms with Crippen LogP contribution < -0.4 is 0 Å². The molecule has 0 aliphatic heterocycles. The van der Waals surface area contributed by atoms with E-state index in [1.165, 1.54) is 5.56 Å². The summed E-state index contributed by atoms with van der Waals surface area (Å²) in [6, 6.07) is 16.0. The number of hydrogen-bond acceptors (Lipinski definition) is 1. The van der Waals surface area contributed by atoms with Crippen molar-refractivity contribution in [1.82, 2.24) is 0 Å². The van der Waals surface area contributed by atoms with Gasteiger partial charge in [0.2, 0.25) is 0 Å². The highest BCUT2D eigenvalue weighted by Gasteiger charge is 2.09. The fraction of sp³-hybridized carbons (Fsp3) is 0.250. The molecule has 0 amide bonds. The van der Waals surface area contributed by atoms with Crippen LogP contribution in [-0.2, 0) is 6.42 Å². The van der Waals surface area contributed by atoms with Gasteiger partial charge in [-0.1, -0.05) is 65.7 Å². The molecule has 0 heterocycles. The lowest BCUT2D eigenvalue weighted by molar-refractivity contribution is 0.220. The van der Waals surface area contributed by atoms with Gasteiger partial charge in [0.15, 0.2) is 0 Å². The monoisotopic (exact) mass is 304 g/mol. The summed E-state index contributed by atoms with van der Waals surface area (Å²) in [5, 5.41) is 10.3. The topological polar surface area (TPSA) is 20.2 Å². The van der Waals surface area contributed by atoms with Gasteiger partial charge in [0.1, 0.15) is 6.10 Å². The second-order valence-corrected chi connectivity index (χ2v) is 5.36. The highest BCUT2D eigenvalue weighted by molar-refractivity contribution is 9.10. The Labute approximate surface area is 117 Å². The van der Waals surface area contributed by atoms with Gasteiger partial charge < -0.3 is 5.11 Å². The smallest absolute Gasteiger partial charge is 0.104 e. The summed E-state index contributed by atoms with van der Waals surface area (Å²) in [5.41, 5.74) is 3.18. The van der Waals surface area contributed by atoms with E-state index in [0.29, 0.717) is 0 Å². The summed E-state index contributed by atoms with van der Waals surface area (Å²) >= 11 is 3.40. The number of aliphatic hydroxyl groups excluding tert-OH is 1. The zero-order chi connectivity index (χ0) is 13.0. The van der Waals surface area contributed by atoms with Gasteiger partial charge >= 0.3 is 0 Å². The fourth-order valence-electron chi connectivity index (χ4n) is 1.99. The SMILES string of the molecule is CCCc1ccc([C@@H](O)c2ccc(Br)cc2)cc1. The van der Waals surface area contributed by atoms with Crippen LogP contribution in [0.1, 0.15) is 36.1 Å². The lowest BCUT2D eigenvalue weighted by Gasteiger charge is -2.12. The summed E-state index contributed by atoms with van der Waals surface area (Å²) < 4.78 is 1.02. The predicted molar refractivity (Wildman–Crippen MR) is 78.6 cm³/mol. The van der Waals surface area contributed by atoms with Crippen LogP contribution in [0.3, 0.4) is 0 Å². The lowest BCUT2D eigenvalue weighted by Crippen LogP contribution is -1.99. The van der Waals surface area contributed by atoms with E-state index in [1.54, 1.807) is 0 Å². The molecule has 0 spiro atoms. The Morgan fingerprint density at radius 1 is 0.944 bits per heavy atom. The van der Waals surface area contributed by atoms with Crippen molar-refractivity contribution >= 4 is 15.9 Å². The molecule has 2 rings (SSSR count). The normalized spacial score (nSPS) is 12.4. The van der Waals surface area contributed by atoms with Crippen LogP contribution in [0.2, 0.25) is 0 Å². The average Bonchev–Trinajstić information content (AvgIpc) is 2.40. The van der Waals surface area contributed by atoms with E-state index in [9.17, 15) is 5.11 Å². The van der Waals surface area contributed by atoms with Gasteiger partial charge in [-0.2, -0.15) is 0 Å². The molecule has 0 aliphatic rings. The molecular formula is C16H17BrO. The van der Waals surface area contributed by atoms with E-state index in [4.69, 9.17) is 0 Å². The first kappa shape index (κ1) is 13.3. The minimum absolute atomic E-state index is 0.547. The summed E-state index contributed by atoms with van der Waals surface area (Å²) in [5.74, 6) is 0.